The third-order valence-corrected chi connectivity index (χ3v) is 4.88. The maximum Gasteiger partial charge on any atom is 0.253 e. The van der Waals surface area contributed by atoms with Crippen LogP contribution in [0.25, 0.3) is 0 Å². The van der Waals surface area contributed by atoms with E-state index in [9.17, 15) is 14.4 Å². The molecule has 0 spiro atoms. The summed E-state index contributed by atoms with van der Waals surface area (Å²) < 4.78 is 0. The predicted molar refractivity (Wildman–Crippen MR) is 108 cm³/mol. The zero-order chi connectivity index (χ0) is 20.1. The van der Waals surface area contributed by atoms with Gasteiger partial charge in [-0.25, -0.2) is 0 Å². The molecular weight excluding hydrogens is 354 g/mol. The van der Waals surface area contributed by atoms with Crippen LogP contribution in [0.5, 0.6) is 0 Å². The molecule has 0 unspecified atom stereocenters. The van der Waals surface area contributed by atoms with Crippen LogP contribution in [0.15, 0.2) is 54.6 Å². The number of amides is 3. The molecule has 0 radical (unpaired) electrons. The van der Waals surface area contributed by atoms with Gasteiger partial charge >= 0.3 is 0 Å². The van der Waals surface area contributed by atoms with Gasteiger partial charge in [-0.3, -0.25) is 14.4 Å². The maximum absolute atomic E-state index is 12.7. The van der Waals surface area contributed by atoms with Crippen molar-refractivity contribution in [2.24, 2.45) is 5.92 Å². The molecule has 3 rings (SSSR count). The van der Waals surface area contributed by atoms with Crippen molar-refractivity contribution in [2.75, 3.05) is 11.9 Å². The molecule has 2 N–H and O–H groups in total. The summed E-state index contributed by atoms with van der Waals surface area (Å²) in [5.74, 6) is -0.912. The van der Waals surface area contributed by atoms with Gasteiger partial charge in [-0.1, -0.05) is 42.5 Å². The predicted octanol–water partition coefficient (Wildman–Crippen LogP) is 2.81. The van der Waals surface area contributed by atoms with Crippen LogP contribution < -0.4 is 10.6 Å². The summed E-state index contributed by atoms with van der Waals surface area (Å²) in [6.07, 6.45) is 0.201. The first kappa shape index (κ1) is 19.6. The van der Waals surface area contributed by atoms with E-state index in [0.717, 1.165) is 5.56 Å². The average Bonchev–Trinajstić information content (AvgIpc) is 3.09. The lowest BCUT2D eigenvalue weighted by Gasteiger charge is -2.20. The molecule has 3 amide bonds. The first-order valence-electron chi connectivity index (χ1n) is 9.47. The quantitative estimate of drug-likeness (QED) is 0.810. The molecule has 0 bridgehead atoms. The minimum absolute atomic E-state index is 0.0101. The normalized spacial score (nSPS) is 16.3. The SMILES string of the molecule is CC(C)N1C[C@@H](C(=O)Nc2ccccc2C(=O)NCc2ccccc2)CC1=O. The van der Waals surface area contributed by atoms with E-state index in [-0.39, 0.29) is 30.2 Å². The molecule has 146 valence electrons. The van der Waals surface area contributed by atoms with Crippen LogP contribution >= 0.6 is 0 Å². The van der Waals surface area contributed by atoms with Crippen molar-refractivity contribution in [3.05, 3.63) is 65.7 Å². The average molecular weight is 379 g/mol. The Morgan fingerprint density at radius 1 is 1.07 bits per heavy atom. The van der Waals surface area contributed by atoms with Crippen molar-refractivity contribution in [1.29, 1.82) is 0 Å². The van der Waals surface area contributed by atoms with E-state index < -0.39 is 5.92 Å². The van der Waals surface area contributed by atoms with Crippen molar-refractivity contribution in [2.45, 2.75) is 32.9 Å². The topological polar surface area (TPSA) is 78.5 Å². The van der Waals surface area contributed by atoms with Gasteiger partial charge < -0.3 is 15.5 Å². The van der Waals surface area contributed by atoms with Crippen molar-refractivity contribution >= 4 is 23.4 Å². The third-order valence-electron chi connectivity index (χ3n) is 4.88. The van der Waals surface area contributed by atoms with Crippen LogP contribution in [-0.2, 0) is 16.1 Å². The summed E-state index contributed by atoms with van der Waals surface area (Å²) in [5.41, 5.74) is 1.85. The number of para-hydroxylation sites is 1. The Balaban J connectivity index is 1.66. The molecule has 1 heterocycles. The Morgan fingerprint density at radius 3 is 2.43 bits per heavy atom. The molecule has 6 heteroatoms. The van der Waals surface area contributed by atoms with Crippen molar-refractivity contribution < 1.29 is 14.4 Å². The molecule has 1 fully saturated rings. The molecule has 0 saturated carbocycles. The molecule has 0 aliphatic carbocycles. The fourth-order valence-corrected chi connectivity index (χ4v) is 3.30. The molecule has 28 heavy (non-hydrogen) atoms. The molecule has 2 aromatic rings. The summed E-state index contributed by atoms with van der Waals surface area (Å²) in [7, 11) is 0. The highest BCUT2D eigenvalue weighted by molar-refractivity contribution is 6.05. The molecule has 1 aliphatic rings. The van der Waals surface area contributed by atoms with Crippen molar-refractivity contribution in [3.8, 4) is 0 Å². The minimum atomic E-state index is -0.407. The van der Waals surface area contributed by atoms with Gasteiger partial charge in [0.1, 0.15) is 0 Å². The fraction of sp³-hybridized carbons (Fsp3) is 0.318. The summed E-state index contributed by atoms with van der Waals surface area (Å²) in [4.78, 5) is 39.0. The summed E-state index contributed by atoms with van der Waals surface area (Å²) in [6.45, 7) is 4.68. The van der Waals surface area contributed by atoms with E-state index in [1.807, 2.05) is 44.2 Å². The molecule has 6 nitrogen and oxygen atoms in total. The lowest BCUT2D eigenvalue weighted by Crippen LogP contribution is -2.33. The number of rotatable bonds is 6. The Labute approximate surface area is 164 Å². The monoisotopic (exact) mass is 379 g/mol. The summed E-state index contributed by atoms with van der Waals surface area (Å²) in [6, 6.07) is 16.6. The number of hydrogen-bond acceptors (Lipinski definition) is 3. The van der Waals surface area contributed by atoms with E-state index in [1.54, 1.807) is 29.2 Å². The molecular formula is C22H25N3O3. The van der Waals surface area contributed by atoms with Gasteiger partial charge in [0.05, 0.1) is 17.2 Å². The van der Waals surface area contributed by atoms with Gasteiger partial charge in [-0.2, -0.15) is 0 Å². The zero-order valence-corrected chi connectivity index (χ0v) is 16.1. The van der Waals surface area contributed by atoms with Crippen LogP contribution in [-0.4, -0.2) is 35.2 Å². The molecule has 1 saturated heterocycles. The number of anilines is 1. The second-order valence-corrected chi connectivity index (χ2v) is 7.24. The van der Waals surface area contributed by atoms with Gasteiger partial charge in [0.2, 0.25) is 11.8 Å². The van der Waals surface area contributed by atoms with E-state index in [0.29, 0.717) is 24.3 Å². The van der Waals surface area contributed by atoms with Crippen LogP contribution in [0.4, 0.5) is 5.69 Å². The van der Waals surface area contributed by atoms with Crippen molar-refractivity contribution in [3.63, 3.8) is 0 Å². The van der Waals surface area contributed by atoms with Gasteiger partial charge in [-0.05, 0) is 31.5 Å². The lowest BCUT2D eigenvalue weighted by atomic mass is 10.1. The highest BCUT2D eigenvalue weighted by Gasteiger charge is 2.35. The maximum atomic E-state index is 12.7. The summed E-state index contributed by atoms with van der Waals surface area (Å²) >= 11 is 0. The Kier molecular flexibility index (Phi) is 6.09. The molecule has 1 atom stereocenters. The second kappa shape index (κ2) is 8.69. The zero-order valence-electron chi connectivity index (χ0n) is 16.1. The number of likely N-dealkylation sites (tertiary alicyclic amines) is 1. The van der Waals surface area contributed by atoms with Crippen LogP contribution in [0, 0.1) is 5.92 Å². The van der Waals surface area contributed by atoms with Gasteiger partial charge in [0.15, 0.2) is 0 Å². The standard InChI is InChI=1S/C22H25N3O3/c1-15(2)25-14-17(12-20(25)26)21(27)24-19-11-7-6-10-18(19)22(28)23-13-16-8-4-3-5-9-16/h3-11,15,17H,12-14H2,1-2H3,(H,23,28)(H,24,27)/t17-/m0/s1. The number of benzene rings is 2. The fourth-order valence-electron chi connectivity index (χ4n) is 3.30. The van der Waals surface area contributed by atoms with E-state index in [2.05, 4.69) is 10.6 Å². The van der Waals surface area contributed by atoms with E-state index in [1.165, 1.54) is 0 Å². The number of carbonyl (C=O) groups excluding carboxylic acids is 3. The van der Waals surface area contributed by atoms with E-state index >= 15 is 0 Å². The summed E-state index contributed by atoms with van der Waals surface area (Å²) in [5, 5.41) is 5.71. The Hall–Kier alpha value is -3.15. The second-order valence-electron chi connectivity index (χ2n) is 7.24. The van der Waals surface area contributed by atoms with Crippen LogP contribution in [0.2, 0.25) is 0 Å². The van der Waals surface area contributed by atoms with Gasteiger partial charge in [-0.15, -0.1) is 0 Å². The minimum Gasteiger partial charge on any atom is -0.348 e. The third kappa shape index (κ3) is 4.57. The molecule has 0 aromatic heterocycles. The number of nitrogens with zero attached hydrogens (tertiary/aromatic N) is 1. The van der Waals surface area contributed by atoms with E-state index in [4.69, 9.17) is 0 Å². The first-order chi connectivity index (χ1) is 13.5. The highest BCUT2D eigenvalue weighted by atomic mass is 16.2. The number of hydrogen-bond donors (Lipinski definition) is 2. The van der Waals surface area contributed by atoms with Crippen LogP contribution in [0.1, 0.15) is 36.2 Å². The van der Waals surface area contributed by atoms with Crippen LogP contribution in [0.3, 0.4) is 0 Å². The van der Waals surface area contributed by atoms with Gasteiger partial charge in [0, 0.05) is 25.6 Å². The largest absolute Gasteiger partial charge is 0.348 e. The van der Waals surface area contributed by atoms with Gasteiger partial charge in [0.25, 0.3) is 5.91 Å². The lowest BCUT2D eigenvalue weighted by molar-refractivity contribution is -0.129. The first-order valence-corrected chi connectivity index (χ1v) is 9.47. The molecule has 2 aromatic carbocycles. The molecule has 1 aliphatic heterocycles. The Bertz CT molecular complexity index is 864. The van der Waals surface area contributed by atoms with Crippen molar-refractivity contribution in [1.82, 2.24) is 10.2 Å². The highest BCUT2D eigenvalue weighted by Crippen LogP contribution is 2.23. The Morgan fingerprint density at radius 2 is 1.75 bits per heavy atom. The smallest absolute Gasteiger partial charge is 0.253 e. The number of carbonyl (C=O) groups is 3. The number of nitrogens with one attached hydrogen (secondary N) is 2.